The van der Waals surface area contributed by atoms with Gasteiger partial charge in [0.05, 0.1) is 6.54 Å². The van der Waals surface area contributed by atoms with Crippen LogP contribution in [0.1, 0.15) is 38.4 Å². The molecule has 1 heterocycles. The number of hydrogen-bond acceptors (Lipinski definition) is 3. The van der Waals surface area contributed by atoms with Crippen molar-refractivity contribution in [3.8, 4) is 0 Å². The van der Waals surface area contributed by atoms with Gasteiger partial charge < -0.3 is 9.80 Å². The maximum absolute atomic E-state index is 13.9. The van der Waals surface area contributed by atoms with Crippen LogP contribution >= 0.6 is 15.9 Å². The van der Waals surface area contributed by atoms with Crippen LogP contribution in [0.3, 0.4) is 0 Å². The van der Waals surface area contributed by atoms with Crippen LogP contribution in [0.25, 0.3) is 0 Å². The molecule has 0 saturated carbocycles. The van der Waals surface area contributed by atoms with E-state index in [4.69, 9.17) is 0 Å². The van der Waals surface area contributed by atoms with E-state index in [1.807, 2.05) is 24.3 Å². The van der Waals surface area contributed by atoms with Gasteiger partial charge in [-0.2, -0.15) is 0 Å². The standard InChI is InChI=1S/C28H25BrF2N2O/c1-28(2)15-25-24(26(34)16-28)17-32(22-11-7-20(30)8-12-22)27(18-3-5-19(29)6-4-18)33(25)23-13-9-21(31)10-14-23/h3-14,27H,15-17H2,1-2H3. The van der Waals surface area contributed by atoms with Crippen LogP contribution in [-0.4, -0.2) is 12.3 Å². The van der Waals surface area contributed by atoms with E-state index < -0.39 is 0 Å². The summed E-state index contributed by atoms with van der Waals surface area (Å²) in [5.74, 6) is -0.503. The zero-order chi connectivity index (χ0) is 24.0. The fourth-order valence-electron chi connectivity index (χ4n) is 5.01. The number of rotatable bonds is 3. The smallest absolute Gasteiger partial charge is 0.162 e. The third-order valence-electron chi connectivity index (χ3n) is 6.56. The molecule has 0 amide bonds. The van der Waals surface area contributed by atoms with Crippen LogP contribution in [0, 0.1) is 17.0 Å². The number of Topliss-reactive ketones (excluding diaryl/α,β-unsaturated/α-hetero) is 1. The molecule has 0 saturated heterocycles. The minimum Gasteiger partial charge on any atom is -0.342 e. The van der Waals surface area contributed by atoms with Gasteiger partial charge in [-0.1, -0.05) is 41.9 Å². The molecule has 3 nitrogen and oxygen atoms in total. The zero-order valence-electron chi connectivity index (χ0n) is 19.1. The van der Waals surface area contributed by atoms with Crippen molar-refractivity contribution in [1.82, 2.24) is 0 Å². The summed E-state index contributed by atoms with van der Waals surface area (Å²) in [6, 6.07) is 20.8. The van der Waals surface area contributed by atoms with Crippen molar-refractivity contribution in [2.24, 2.45) is 5.41 Å². The van der Waals surface area contributed by atoms with Crippen molar-refractivity contribution >= 4 is 33.1 Å². The second kappa shape index (κ2) is 8.66. The Labute approximate surface area is 206 Å². The Morgan fingerprint density at radius 1 is 0.824 bits per heavy atom. The Balaban J connectivity index is 1.75. The Bertz CT molecular complexity index is 1250. The number of halogens is 3. The van der Waals surface area contributed by atoms with Gasteiger partial charge in [0, 0.05) is 33.5 Å². The number of benzene rings is 3. The number of carbonyl (C=O) groups excluding carboxylic acids is 1. The summed E-state index contributed by atoms with van der Waals surface area (Å²) in [6.07, 6.45) is 0.906. The highest BCUT2D eigenvalue weighted by molar-refractivity contribution is 9.10. The maximum Gasteiger partial charge on any atom is 0.162 e. The zero-order valence-corrected chi connectivity index (χ0v) is 20.6. The molecule has 0 aromatic heterocycles. The maximum atomic E-state index is 13.9. The Kier molecular flexibility index (Phi) is 5.80. The van der Waals surface area contributed by atoms with Crippen molar-refractivity contribution < 1.29 is 13.6 Å². The van der Waals surface area contributed by atoms with Crippen LogP contribution in [0.15, 0.2) is 88.5 Å². The van der Waals surface area contributed by atoms with Gasteiger partial charge in [-0.3, -0.25) is 4.79 Å². The van der Waals surface area contributed by atoms with E-state index in [0.717, 1.165) is 39.1 Å². The van der Waals surface area contributed by atoms with E-state index in [1.165, 1.54) is 24.3 Å². The summed E-state index contributed by atoms with van der Waals surface area (Å²) in [5.41, 5.74) is 4.18. The summed E-state index contributed by atoms with van der Waals surface area (Å²) in [7, 11) is 0. The Morgan fingerprint density at radius 2 is 1.38 bits per heavy atom. The molecule has 2 aliphatic rings. The largest absolute Gasteiger partial charge is 0.342 e. The van der Waals surface area contributed by atoms with E-state index >= 15 is 0 Å². The van der Waals surface area contributed by atoms with Crippen molar-refractivity contribution in [1.29, 1.82) is 0 Å². The second-order valence-electron chi connectivity index (χ2n) is 9.74. The highest BCUT2D eigenvalue weighted by Gasteiger charge is 2.43. The van der Waals surface area contributed by atoms with Crippen LogP contribution in [0.4, 0.5) is 20.2 Å². The summed E-state index contributed by atoms with van der Waals surface area (Å²) in [4.78, 5) is 17.6. The molecular formula is C28H25BrF2N2O. The van der Waals surface area contributed by atoms with E-state index in [1.54, 1.807) is 24.3 Å². The van der Waals surface area contributed by atoms with Crippen molar-refractivity contribution in [3.05, 3.63) is 106 Å². The van der Waals surface area contributed by atoms with Crippen LogP contribution < -0.4 is 9.80 Å². The molecule has 5 rings (SSSR count). The van der Waals surface area contributed by atoms with Crippen molar-refractivity contribution in [3.63, 3.8) is 0 Å². The first-order valence-corrected chi connectivity index (χ1v) is 12.1. The molecule has 6 heteroatoms. The predicted molar refractivity (Wildman–Crippen MR) is 135 cm³/mol. The van der Waals surface area contributed by atoms with Crippen LogP contribution in [-0.2, 0) is 4.79 Å². The Hall–Kier alpha value is -2.99. The lowest BCUT2D eigenvalue weighted by atomic mass is 9.74. The SMILES string of the molecule is CC1(C)CC(=O)C2=C(C1)N(c1ccc(F)cc1)C(c1ccc(Br)cc1)N(c1ccc(F)cc1)C2. The first-order chi connectivity index (χ1) is 16.2. The fourth-order valence-corrected chi connectivity index (χ4v) is 5.27. The lowest BCUT2D eigenvalue weighted by Crippen LogP contribution is -2.51. The van der Waals surface area contributed by atoms with Gasteiger partial charge in [-0.05, 0) is 78.1 Å². The number of anilines is 2. The summed E-state index contributed by atoms with van der Waals surface area (Å²) in [6.45, 7) is 4.64. The molecule has 0 N–H and O–H groups in total. The molecule has 1 aliphatic heterocycles. The number of carbonyl (C=O) groups is 1. The normalized spacial score (nSPS) is 19.9. The predicted octanol–water partition coefficient (Wildman–Crippen LogP) is 7.40. The first-order valence-electron chi connectivity index (χ1n) is 11.3. The van der Waals surface area contributed by atoms with E-state index in [9.17, 15) is 13.6 Å². The molecule has 34 heavy (non-hydrogen) atoms. The molecule has 3 aromatic carbocycles. The topological polar surface area (TPSA) is 23.6 Å². The van der Waals surface area contributed by atoms with Gasteiger partial charge in [0.2, 0.25) is 0 Å². The third kappa shape index (κ3) is 4.27. The lowest BCUT2D eigenvalue weighted by molar-refractivity contribution is -0.118. The molecule has 0 spiro atoms. The molecule has 174 valence electrons. The number of allylic oxidation sites excluding steroid dienone is 1. The average molecular weight is 523 g/mol. The van der Waals surface area contributed by atoms with Gasteiger partial charge in [0.15, 0.2) is 5.78 Å². The average Bonchev–Trinajstić information content (AvgIpc) is 2.79. The van der Waals surface area contributed by atoms with E-state index in [0.29, 0.717) is 13.0 Å². The van der Waals surface area contributed by atoms with Crippen LogP contribution in [0.5, 0.6) is 0 Å². The monoisotopic (exact) mass is 522 g/mol. The molecule has 1 unspecified atom stereocenters. The van der Waals surface area contributed by atoms with Gasteiger partial charge >= 0.3 is 0 Å². The van der Waals surface area contributed by atoms with Gasteiger partial charge in [0.1, 0.15) is 17.8 Å². The lowest BCUT2D eigenvalue weighted by Gasteiger charge is -2.51. The molecule has 0 bridgehead atoms. The van der Waals surface area contributed by atoms with Crippen LogP contribution in [0.2, 0.25) is 0 Å². The molecular weight excluding hydrogens is 498 g/mol. The van der Waals surface area contributed by atoms with Gasteiger partial charge in [-0.15, -0.1) is 0 Å². The quantitative estimate of drug-likeness (QED) is 0.358. The third-order valence-corrected chi connectivity index (χ3v) is 7.09. The fraction of sp³-hybridized carbons (Fsp3) is 0.250. The van der Waals surface area contributed by atoms with Crippen molar-refractivity contribution in [2.45, 2.75) is 32.9 Å². The molecule has 1 aliphatic carbocycles. The first kappa shape index (κ1) is 22.8. The molecule has 3 aromatic rings. The molecule has 1 atom stereocenters. The second-order valence-corrected chi connectivity index (χ2v) is 10.7. The van der Waals surface area contributed by atoms with E-state index in [2.05, 4.69) is 39.6 Å². The minimum atomic E-state index is -0.314. The summed E-state index contributed by atoms with van der Waals surface area (Å²) in [5, 5.41) is 0. The van der Waals surface area contributed by atoms with Gasteiger partial charge in [0.25, 0.3) is 0 Å². The number of nitrogens with zero attached hydrogens (tertiary/aromatic N) is 2. The van der Waals surface area contributed by atoms with Gasteiger partial charge in [-0.25, -0.2) is 8.78 Å². The highest BCUT2D eigenvalue weighted by Crippen LogP contribution is 2.48. The van der Waals surface area contributed by atoms with Crippen molar-refractivity contribution in [2.75, 3.05) is 16.3 Å². The molecule has 0 fully saturated rings. The van der Waals surface area contributed by atoms with E-state index in [-0.39, 0.29) is 29.0 Å². The highest BCUT2D eigenvalue weighted by atomic mass is 79.9. The molecule has 0 radical (unpaired) electrons. The summed E-state index contributed by atoms with van der Waals surface area (Å²) >= 11 is 3.52. The minimum absolute atomic E-state index is 0.125. The number of hydrogen-bond donors (Lipinski definition) is 0. The summed E-state index contributed by atoms with van der Waals surface area (Å²) < 4.78 is 28.6. The number of ketones is 1. The Morgan fingerprint density at radius 3 is 1.97 bits per heavy atom.